The second-order valence-corrected chi connectivity index (χ2v) is 6.19. The van der Waals surface area contributed by atoms with Crippen LogP contribution < -0.4 is 5.32 Å². The quantitative estimate of drug-likeness (QED) is 0.901. The monoisotopic (exact) mass is 263 g/mol. The second kappa shape index (κ2) is 4.63. The van der Waals surface area contributed by atoms with E-state index in [4.69, 9.17) is 4.42 Å². The Balaban J connectivity index is 1.70. The minimum absolute atomic E-state index is 0.124. The molecule has 0 radical (unpaired) electrons. The average Bonchev–Trinajstić information content (AvgIpc) is 3.08. The van der Waals surface area contributed by atoms with Crippen LogP contribution in [0.25, 0.3) is 0 Å². The van der Waals surface area contributed by atoms with Gasteiger partial charge in [0.1, 0.15) is 5.76 Å². The number of amides is 1. The highest BCUT2D eigenvalue weighted by Crippen LogP contribution is 2.40. The summed E-state index contributed by atoms with van der Waals surface area (Å²) in [5, 5.41) is 2.92. The van der Waals surface area contributed by atoms with Gasteiger partial charge in [-0.1, -0.05) is 0 Å². The molecule has 2 fully saturated rings. The van der Waals surface area contributed by atoms with Crippen molar-refractivity contribution in [2.75, 3.05) is 13.1 Å². The van der Waals surface area contributed by atoms with Crippen molar-refractivity contribution >= 4 is 5.91 Å². The fourth-order valence-electron chi connectivity index (χ4n) is 2.61. The molecule has 5 nitrogen and oxygen atoms in total. The Kier molecular flexibility index (Phi) is 3.09. The van der Waals surface area contributed by atoms with Crippen molar-refractivity contribution in [2.24, 2.45) is 0 Å². The van der Waals surface area contributed by atoms with Gasteiger partial charge in [0.15, 0.2) is 0 Å². The summed E-state index contributed by atoms with van der Waals surface area (Å²) in [4.78, 5) is 18.3. The van der Waals surface area contributed by atoms with Crippen LogP contribution in [-0.4, -0.2) is 34.4 Å². The molecule has 2 heterocycles. The van der Waals surface area contributed by atoms with E-state index < -0.39 is 0 Å². The zero-order valence-corrected chi connectivity index (χ0v) is 11.6. The largest absolute Gasteiger partial charge is 0.444 e. The Hall–Kier alpha value is -1.36. The molecule has 2 aliphatic rings. The van der Waals surface area contributed by atoms with Crippen LogP contribution >= 0.6 is 0 Å². The summed E-state index contributed by atoms with van der Waals surface area (Å²) in [6.07, 6.45) is 4.83. The molecule has 0 unspecified atom stereocenters. The SMILES string of the molecule is CC1(C)CC(=O)NCCN1Cc1ncc(C2CC2)o1. The predicted octanol–water partition coefficient (Wildman–Crippen LogP) is 1.65. The second-order valence-electron chi connectivity index (χ2n) is 6.19. The first-order chi connectivity index (χ1) is 9.04. The smallest absolute Gasteiger partial charge is 0.221 e. The van der Waals surface area contributed by atoms with E-state index >= 15 is 0 Å². The number of hydrogen-bond donors (Lipinski definition) is 1. The summed E-state index contributed by atoms with van der Waals surface area (Å²) >= 11 is 0. The van der Waals surface area contributed by atoms with Crippen LogP contribution in [0.1, 0.15) is 50.7 Å². The highest BCUT2D eigenvalue weighted by molar-refractivity contribution is 5.77. The highest BCUT2D eigenvalue weighted by atomic mass is 16.4. The number of carbonyl (C=O) groups excluding carboxylic acids is 1. The average molecular weight is 263 g/mol. The van der Waals surface area contributed by atoms with Gasteiger partial charge in [-0.25, -0.2) is 4.98 Å². The van der Waals surface area contributed by atoms with Crippen LogP contribution in [0.4, 0.5) is 0 Å². The molecule has 0 bridgehead atoms. The molecule has 0 atom stereocenters. The number of aromatic nitrogens is 1. The van der Waals surface area contributed by atoms with E-state index in [9.17, 15) is 4.79 Å². The Morgan fingerprint density at radius 1 is 1.53 bits per heavy atom. The van der Waals surface area contributed by atoms with Gasteiger partial charge < -0.3 is 9.73 Å². The lowest BCUT2D eigenvalue weighted by atomic mass is 9.98. The molecule has 1 aromatic heterocycles. The van der Waals surface area contributed by atoms with E-state index in [0.717, 1.165) is 18.2 Å². The fourth-order valence-corrected chi connectivity index (χ4v) is 2.61. The van der Waals surface area contributed by atoms with E-state index in [1.165, 1.54) is 12.8 Å². The molecule has 1 saturated heterocycles. The van der Waals surface area contributed by atoms with E-state index in [-0.39, 0.29) is 11.4 Å². The fraction of sp³-hybridized carbons (Fsp3) is 0.714. The number of oxazole rings is 1. The Morgan fingerprint density at radius 3 is 3.05 bits per heavy atom. The van der Waals surface area contributed by atoms with Gasteiger partial charge in [-0.15, -0.1) is 0 Å². The number of carbonyl (C=O) groups is 1. The third-order valence-corrected chi connectivity index (χ3v) is 4.03. The molecule has 0 aromatic carbocycles. The summed E-state index contributed by atoms with van der Waals surface area (Å²) in [5.41, 5.74) is -0.158. The van der Waals surface area contributed by atoms with Gasteiger partial charge in [0.25, 0.3) is 0 Å². The van der Waals surface area contributed by atoms with Gasteiger partial charge in [-0.3, -0.25) is 9.69 Å². The van der Waals surface area contributed by atoms with Crippen molar-refractivity contribution in [3.63, 3.8) is 0 Å². The molecule has 1 saturated carbocycles. The van der Waals surface area contributed by atoms with Gasteiger partial charge in [0, 0.05) is 31.0 Å². The molecule has 5 heteroatoms. The standard InChI is InChI=1S/C14H21N3O2/c1-14(2)7-12(18)15-5-6-17(14)9-13-16-8-11(19-13)10-3-4-10/h8,10H,3-7,9H2,1-2H3,(H,15,18). The van der Waals surface area contributed by atoms with Crippen molar-refractivity contribution in [3.05, 3.63) is 17.8 Å². The summed E-state index contributed by atoms with van der Waals surface area (Å²) in [6.45, 7) is 6.40. The molecule has 0 spiro atoms. The molecule has 19 heavy (non-hydrogen) atoms. The van der Waals surface area contributed by atoms with Crippen molar-refractivity contribution in [2.45, 2.75) is 51.1 Å². The zero-order chi connectivity index (χ0) is 13.5. The van der Waals surface area contributed by atoms with E-state index in [0.29, 0.717) is 25.4 Å². The topological polar surface area (TPSA) is 58.4 Å². The van der Waals surface area contributed by atoms with Crippen molar-refractivity contribution in [1.29, 1.82) is 0 Å². The van der Waals surface area contributed by atoms with Gasteiger partial charge in [0.2, 0.25) is 11.8 Å². The highest BCUT2D eigenvalue weighted by Gasteiger charge is 2.33. The summed E-state index contributed by atoms with van der Waals surface area (Å²) in [5.74, 6) is 2.52. The van der Waals surface area contributed by atoms with Crippen LogP contribution in [0.5, 0.6) is 0 Å². The number of nitrogens with zero attached hydrogens (tertiary/aromatic N) is 2. The van der Waals surface area contributed by atoms with E-state index in [1.807, 2.05) is 6.20 Å². The molecule has 104 valence electrons. The van der Waals surface area contributed by atoms with Gasteiger partial charge in [-0.2, -0.15) is 0 Å². The van der Waals surface area contributed by atoms with Crippen molar-refractivity contribution in [3.8, 4) is 0 Å². The van der Waals surface area contributed by atoms with Crippen LogP contribution in [0.15, 0.2) is 10.6 Å². The number of rotatable bonds is 3. The Morgan fingerprint density at radius 2 is 2.32 bits per heavy atom. The third-order valence-electron chi connectivity index (χ3n) is 4.03. The molecule has 1 aliphatic heterocycles. The molecule has 1 amide bonds. The van der Waals surface area contributed by atoms with Crippen molar-refractivity contribution < 1.29 is 9.21 Å². The lowest BCUT2D eigenvalue weighted by Crippen LogP contribution is -2.44. The van der Waals surface area contributed by atoms with Gasteiger partial charge in [-0.05, 0) is 26.7 Å². The van der Waals surface area contributed by atoms with Gasteiger partial charge >= 0.3 is 0 Å². The van der Waals surface area contributed by atoms with E-state index in [2.05, 4.69) is 29.0 Å². The predicted molar refractivity (Wildman–Crippen MR) is 70.6 cm³/mol. The maximum atomic E-state index is 11.6. The normalized spacial score (nSPS) is 24.0. The Bertz CT molecular complexity index is 477. The van der Waals surface area contributed by atoms with E-state index in [1.54, 1.807) is 0 Å². The first kappa shape index (κ1) is 12.7. The summed E-state index contributed by atoms with van der Waals surface area (Å²) in [6, 6.07) is 0. The zero-order valence-electron chi connectivity index (χ0n) is 11.6. The van der Waals surface area contributed by atoms with Crippen LogP contribution in [0, 0.1) is 0 Å². The molecule has 1 aromatic rings. The minimum atomic E-state index is -0.158. The number of nitrogens with one attached hydrogen (secondary N) is 1. The number of hydrogen-bond acceptors (Lipinski definition) is 4. The van der Waals surface area contributed by atoms with Crippen LogP contribution in [-0.2, 0) is 11.3 Å². The molecule has 3 rings (SSSR count). The van der Waals surface area contributed by atoms with Crippen LogP contribution in [0.2, 0.25) is 0 Å². The first-order valence-corrected chi connectivity index (χ1v) is 7.01. The minimum Gasteiger partial charge on any atom is -0.444 e. The third kappa shape index (κ3) is 2.81. The molecule has 1 N–H and O–H groups in total. The maximum Gasteiger partial charge on any atom is 0.221 e. The lowest BCUT2D eigenvalue weighted by molar-refractivity contribution is -0.122. The molecule has 1 aliphatic carbocycles. The van der Waals surface area contributed by atoms with Crippen molar-refractivity contribution in [1.82, 2.24) is 15.2 Å². The first-order valence-electron chi connectivity index (χ1n) is 7.01. The summed E-state index contributed by atoms with van der Waals surface area (Å²) in [7, 11) is 0. The van der Waals surface area contributed by atoms with Gasteiger partial charge in [0.05, 0.1) is 12.7 Å². The maximum absolute atomic E-state index is 11.6. The lowest BCUT2D eigenvalue weighted by Gasteiger charge is -2.34. The molecular weight excluding hydrogens is 242 g/mol. The van der Waals surface area contributed by atoms with Crippen LogP contribution in [0.3, 0.4) is 0 Å². The Labute approximate surface area is 113 Å². The summed E-state index contributed by atoms with van der Waals surface area (Å²) < 4.78 is 5.81. The molecular formula is C14H21N3O2.